The minimum absolute atomic E-state index is 0.136. The van der Waals surface area contributed by atoms with Crippen molar-refractivity contribution in [2.24, 2.45) is 0 Å². The number of H-pyrrole nitrogens is 1. The zero-order valence-electron chi connectivity index (χ0n) is 11.4. The van der Waals surface area contributed by atoms with Gasteiger partial charge in [-0.1, -0.05) is 30.3 Å². The molecule has 0 unspecified atom stereocenters. The Hall–Kier alpha value is -1.96. The second-order valence-electron chi connectivity index (χ2n) is 4.51. The highest BCUT2D eigenvalue weighted by Gasteiger charge is 2.14. The molecule has 0 bridgehead atoms. The van der Waals surface area contributed by atoms with Gasteiger partial charge in [-0.3, -0.25) is 4.79 Å². The molecular formula is C15H13IN4O. The Balaban J connectivity index is 2.22. The Morgan fingerprint density at radius 2 is 2.05 bits per heavy atom. The van der Waals surface area contributed by atoms with Gasteiger partial charge < -0.3 is 9.55 Å². The molecular weight excluding hydrogens is 379 g/mol. The number of nitrogens with one attached hydrogen (secondary N) is 1. The van der Waals surface area contributed by atoms with Crippen LogP contribution in [-0.4, -0.2) is 19.5 Å². The molecule has 0 amide bonds. The lowest BCUT2D eigenvalue weighted by atomic mass is 10.1. The normalized spacial score (nSPS) is 10.8. The Bertz CT molecular complexity index is 823. The molecule has 6 heteroatoms. The average Bonchev–Trinajstić information content (AvgIpc) is 2.99. The van der Waals surface area contributed by atoms with Crippen LogP contribution in [0.1, 0.15) is 6.92 Å². The molecule has 0 atom stereocenters. The van der Waals surface area contributed by atoms with Crippen molar-refractivity contribution in [1.29, 1.82) is 0 Å². The van der Waals surface area contributed by atoms with Gasteiger partial charge in [0.05, 0.1) is 18.2 Å². The number of hydrogen-bond acceptors (Lipinski definition) is 3. The predicted molar refractivity (Wildman–Crippen MR) is 89.9 cm³/mol. The fourth-order valence-corrected chi connectivity index (χ4v) is 2.70. The lowest BCUT2D eigenvalue weighted by molar-refractivity contribution is 0.763. The summed E-state index contributed by atoms with van der Waals surface area (Å²) in [5.41, 5.74) is 2.29. The molecule has 1 aromatic carbocycles. The highest BCUT2D eigenvalue weighted by atomic mass is 127. The van der Waals surface area contributed by atoms with Crippen molar-refractivity contribution in [2.75, 3.05) is 0 Å². The van der Waals surface area contributed by atoms with E-state index in [-0.39, 0.29) is 5.56 Å². The Morgan fingerprint density at radius 3 is 2.76 bits per heavy atom. The summed E-state index contributed by atoms with van der Waals surface area (Å²) < 4.78 is 2.53. The molecule has 2 heterocycles. The third kappa shape index (κ3) is 2.63. The molecule has 0 aliphatic carbocycles. The van der Waals surface area contributed by atoms with E-state index in [0.717, 1.165) is 17.8 Å². The number of rotatable bonds is 3. The van der Waals surface area contributed by atoms with E-state index in [1.54, 1.807) is 12.5 Å². The van der Waals surface area contributed by atoms with E-state index in [0.29, 0.717) is 15.1 Å². The van der Waals surface area contributed by atoms with E-state index in [4.69, 9.17) is 0 Å². The van der Waals surface area contributed by atoms with Gasteiger partial charge in [0, 0.05) is 12.1 Å². The summed E-state index contributed by atoms with van der Waals surface area (Å²) in [5.74, 6) is 0.540. The SMILES string of the molecule is CCn1cncc1-c1nc(-c2ccccc2)c(I)c(=O)[nH]1. The van der Waals surface area contributed by atoms with Crippen molar-refractivity contribution in [1.82, 2.24) is 19.5 Å². The van der Waals surface area contributed by atoms with Crippen LogP contribution >= 0.6 is 22.6 Å². The third-order valence-electron chi connectivity index (χ3n) is 3.21. The van der Waals surface area contributed by atoms with Gasteiger partial charge in [-0.15, -0.1) is 0 Å². The van der Waals surface area contributed by atoms with E-state index in [1.165, 1.54) is 0 Å². The maximum atomic E-state index is 12.2. The van der Waals surface area contributed by atoms with Crippen LogP contribution < -0.4 is 5.56 Å². The summed E-state index contributed by atoms with van der Waals surface area (Å²) in [6.07, 6.45) is 3.44. The molecule has 2 aromatic heterocycles. The molecule has 21 heavy (non-hydrogen) atoms. The standard InChI is InChI=1S/C15H13IN4O/c1-2-20-9-17-8-11(20)14-18-13(12(16)15(21)19-14)10-6-4-3-5-7-10/h3-9H,2H2,1H3,(H,18,19,21). The summed E-state index contributed by atoms with van der Waals surface area (Å²) in [7, 11) is 0. The first-order valence-electron chi connectivity index (χ1n) is 6.56. The number of aryl methyl sites for hydroxylation is 1. The molecule has 3 aromatic rings. The van der Waals surface area contributed by atoms with Gasteiger partial charge in [0.25, 0.3) is 5.56 Å². The lowest BCUT2D eigenvalue weighted by Crippen LogP contribution is -2.15. The molecule has 0 spiro atoms. The molecule has 0 aliphatic rings. The van der Waals surface area contributed by atoms with Crippen molar-refractivity contribution < 1.29 is 0 Å². The second kappa shape index (κ2) is 5.80. The lowest BCUT2D eigenvalue weighted by Gasteiger charge is -2.08. The highest BCUT2D eigenvalue weighted by Crippen LogP contribution is 2.23. The van der Waals surface area contributed by atoms with Gasteiger partial charge in [0.2, 0.25) is 0 Å². The summed E-state index contributed by atoms with van der Waals surface area (Å²) in [4.78, 5) is 23.8. The Morgan fingerprint density at radius 1 is 1.29 bits per heavy atom. The first-order valence-corrected chi connectivity index (χ1v) is 7.64. The van der Waals surface area contributed by atoms with Crippen LogP contribution in [0.4, 0.5) is 0 Å². The number of halogens is 1. The van der Waals surface area contributed by atoms with Crippen LogP contribution in [0.25, 0.3) is 22.8 Å². The van der Waals surface area contributed by atoms with E-state index >= 15 is 0 Å². The molecule has 0 radical (unpaired) electrons. The van der Waals surface area contributed by atoms with Crippen molar-refractivity contribution in [3.63, 3.8) is 0 Å². The molecule has 3 rings (SSSR count). The van der Waals surface area contributed by atoms with Crippen molar-refractivity contribution in [3.8, 4) is 22.8 Å². The van der Waals surface area contributed by atoms with Crippen molar-refractivity contribution in [2.45, 2.75) is 13.5 Å². The number of aromatic amines is 1. The second-order valence-corrected chi connectivity index (χ2v) is 5.59. The van der Waals surface area contributed by atoms with Gasteiger partial charge in [-0.2, -0.15) is 0 Å². The van der Waals surface area contributed by atoms with Crippen LogP contribution in [0, 0.1) is 3.57 Å². The van der Waals surface area contributed by atoms with Gasteiger partial charge in [-0.05, 0) is 29.5 Å². The van der Waals surface area contributed by atoms with Gasteiger partial charge in [0.15, 0.2) is 5.82 Å². The highest BCUT2D eigenvalue weighted by molar-refractivity contribution is 14.1. The Kier molecular flexibility index (Phi) is 3.87. The zero-order chi connectivity index (χ0) is 14.8. The first kappa shape index (κ1) is 14.0. The quantitative estimate of drug-likeness (QED) is 0.698. The van der Waals surface area contributed by atoms with Crippen LogP contribution in [0.3, 0.4) is 0 Å². The van der Waals surface area contributed by atoms with E-state index < -0.39 is 0 Å². The first-order chi connectivity index (χ1) is 10.2. The van der Waals surface area contributed by atoms with E-state index in [2.05, 4.69) is 15.0 Å². The van der Waals surface area contributed by atoms with Gasteiger partial charge >= 0.3 is 0 Å². The minimum atomic E-state index is -0.136. The summed E-state index contributed by atoms with van der Waals surface area (Å²) in [5, 5.41) is 0. The maximum Gasteiger partial charge on any atom is 0.265 e. The number of aromatic nitrogens is 4. The number of imidazole rings is 1. The zero-order valence-corrected chi connectivity index (χ0v) is 13.5. The van der Waals surface area contributed by atoms with Crippen LogP contribution in [0.5, 0.6) is 0 Å². The van der Waals surface area contributed by atoms with Gasteiger partial charge in [-0.25, -0.2) is 9.97 Å². The molecule has 0 saturated carbocycles. The number of hydrogen-bond donors (Lipinski definition) is 1. The van der Waals surface area contributed by atoms with Crippen molar-refractivity contribution >= 4 is 22.6 Å². The summed E-state index contributed by atoms with van der Waals surface area (Å²) in [6.45, 7) is 2.79. The van der Waals surface area contributed by atoms with E-state index in [9.17, 15) is 4.79 Å². The Labute approximate surface area is 135 Å². The largest absolute Gasteiger partial charge is 0.328 e. The van der Waals surface area contributed by atoms with Crippen LogP contribution in [0.15, 0.2) is 47.7 Å². The van der Waals surface area contributed by atoms with Crippen LogP contribution in [0.2, 0.25) is 0 Å². The van der Waals surface area contributed by atoms with Gasteiger partial charge in [0.1, 0.15) is 9.26 Å². The fourth-order valence-electron chi connectivity index (χ4n) is 2.14. The fraction of sp³-hybridized carbons (Fsp3) is 0.133. The monoisotopic (exact) mass is 392 g/mol. The molecule has 0 fully saturated rings. The number of nitrogens with zero attached hydrogens (tertiary/aromatic N) is 3. The van der Waals surface area contributed by atoms with Crippen LogP contribution in [-0.2, 0) is 6.54 Å². The molecule has 0 saturated heterocycles. The molecule has 1 N–H and O–H groups in total. The van der Waals surface area contributed by atoms with Crippen molar-refractivity contribution in [3.05, 3.63) is 56.8 Å². The minimum Gasteiger partial charge on any atom is -0.328 e. The molecule has 0 aliphatic heterocycles. The maximum absolute atomic E-state index is 12.2. The van der Waals surface area contributed by atoms with E-state index in [1.807, 2.05) is 64.4 Å². The smallest absolute Gasteiger partial charge is 0.265 e. The average molecular weight is 392 g/mol. The summed E-state index contributed by atoms with van der Waals surface area (Å²) >= 11 is 2.03. The molecule has 106 valence electrons. The molecule has 5 nitrogen and oxygen atoms in total. The number of benzene rings is 1. The summed E-state index contributed by atoms with van der Waals surface area (Å²) in [6, 6.07) is 9.71. The predicted octanol–water partition coefficient (Wildman–Crippen LogP) is 2.92. The third-order valence-corrected chi connectivity index (χ3v) is 4.21. The topological polar surface area (TPSA) is 63.6 Å².